The van der Waals surface area contributed by atoms with Crippen molar-refractivity contribution in [2.24, 2.45) is 5.73 Å². The van der Waals surface area contributed by atoms with Gasteiger partial charge in [-0.1, -0.05) is 0 Å². The average Bonchev–Trinajstić information content (AvgIpc) is 2.14. The first-order valence-electron chi connectivity index (χ1n) is 4.54. The van der Waals surface area contributed by atoms with E-state index in [9.17, 15) is 4.79 Å². The number of thioether (sulfide) groups is 1. The van der Waals surface area contributed by atoms with E-state index in [2.05, 4.69) is 9.97 Å². The lowest BCUT2D eigenvalue weighted by molar-refractivity contribution is 0.793. The van der Waals surface area contributed by atoms with E-state index in [4.69, 9.17) is 5.73 Å². The van der Waals surface area contributed by atoms with Gasteiger partial charge >= 0.3 is 0 Å². The molecule has 0 atom stereocenters. The zero-order chi connectivity index (χ0) is 10.4. The van der Waals surface area contributed by atoms with Crippen LogP contribution in [0.2, 0.25) is 0 Å². The molecular formula is C9H15N3OS. The highest BCUT2D eigenvalue weighted by Gasteiger charge is 2.00. The van der Waals surface area contributed by atoms with Gasteiger partial charge in [-0.05, 0) is 25.6 Å². The Morgan fingerprint density at radius 2 is 2.43 bits per heavy atom. The largest absolute Gasteiger partial charge is 0.330 e. The summed E-state index contributed by atoms with van der Waals surface area (Å²) in [5.41, 5.74) is 6.16. The Morgan fingerprint density at radius 1 is 1.64 bits per heavy atom. The molecule has 0 unspecified atom stereocenters. The Labute approximate surface area is 87.3 Å². The molecule has 5 heteroatoms. The minimum absolute atomic E-state index is 0.0731. The Bertz CT molecular complexity index is 337. The molecule has 1 aromatic rings. The van der Waals surface area contributed by atoms with Crippen molar-refractivity contribution < 1.29 is 0 Å². The van der Waals surface area contributed by atoms with Crippen LogP contribution >= 0.6 is 11.8 Å². The van der Waals surface area contributed by atoms with Crippen molar-refractivity contribution in [3.8, 4) is 0 Å². The third-order valence-electron chi connectivity index (χ3n) is 1.76. The SMILES string of the molecule is CSCc1nc(CCCN)cc(=O)[nH]1. The van der Waals surface area contributed by atoms with Gasteiger partial charge in [-0.2, -0.15) is 11.8 Å². The van der Waals surface area contributed by atoms with Crippen molar-refractivity contribution in [3.05, 3.63) is 27.9 Å². The second kappa shape index (κ2) is 5.82. The second-order valence-corrected chi connectivity index (χ2v) is 3.87. The van der Waals surface area contributed by atoms with E-state index in [0.29, 0.717) is 6.54 Å². The third-order valence-corrected chi connectivity index (χ3v) is 2.32. The van der Waals surface area contributed by atoms with Crippen molar-refractivity contribution in [2.75, 3.05) is 12.8 Å². The molecule has 0 aromatic carbocycles. The normalized spacial score (nSPS) is 10.4. The number of hydrogen-bond donors (Lipinski definition) is 2. The molecule has 14 heavy (non-hydrogen) atoms. The van der Waals surface area contributed by atoms with Gasteiger partial charge in [0, 0.05) is 11.8 Å². The Kier molecular flexibility index (Phi) is 4.69. The molecule has 0 saturated heterocycles. The molecule has 0 aliphatic carbocycles. The number of aromatic amines is 1. The number of H-pyrrole nitrogens is 1. The minimum Gasteiger partial charge on any atom is -0.330 e. The predicted octanol–water partition coefficient (Wildman–Crippen LogP) is 0.524. The van der Waals surface area contributed by atoms with Crippen molar-refractivity contribution in [1.29, 1.82) is 0 Å². The van der Waals surface area contributed by atoms with Gasteiger partial charge in [0.1, 0.15) is 5.82 Å². The third kappa shape index (κ3) is 3.51. The van der Waals surface area contributed by atoms with E-state index in [1.54, 1.807) is 17.8 Å². The number of aryl methyl sites for hydroxylation is 1. The molecule has 0 spiro atoms. The quantitative estimate of drug-likeness (QED) is 0.748. The minimum atomic E-state index is -0.0731. The smallest absolute Gasteiger partial charge is 0.251 e. The van der Waals surface area contributed by atoms with E-state index in [1.165, 1.54) is 0 Å². The number of nitrogens with zero attached hydrogens (tertiary/aromatic N) is 1. The topological polar surface area (TPSA) is 71.8 Å². The number of nitrogens with two attached hydrogens (primary N) is 1. The number of rotatable bonds is 5. The van der Waals surface area contributed by atoms with Gasteiger partial charge in [0.25, 0.3) is 5.56 Å². The summed E-state index contributed by atoms with van der Waals surface area (Å²) in [4.78, 5) is 18.2. The summed E-state index contributed by atoms with van der Waals surface area (Å²) in [7, 11) is 0. The van der Waals surface area contributed by atoms with Gasteiger partial charge in [0.2, 0.25) is 0 Å². The van der Waals surface area contributed by atoms with Crippen LogP contribution in [0.4, 0.5) is 0 Å². The first kappa shape index (κ1) is 11.3. The van der Waals surface area contributed by atoms with Crippen LogP contribution in [0.5, 0.6) is 0 Å². The standard InChI is InChI=1S/C9H15N3OS/c1-14-6-8-11-7(3-2-4-10)5-9(13)12-8/h5H,2-4,6,10H2,1H3,(H,11,12,13). The van der Waals surface area contributed by atoms with Crippen LogP contribution in [0.1, 0.15) is 17.9 Å². The maximum Gasteiger partial charge on any atom is 0.251 e. The van der Waals surface area contributed by atoms with Crippen LogP contribution in [0, 0.1) is 0 Å². The lowest BCUT2D eigenvalue weighted by atomic mass is 10.2. The number of nitrogens with one attached hydrogen (secondary N) is 1. The van der Waals surface area contributed by atoms with Crippen LogP contribution in [-0.2, 0) is 12.2 Å². The van der Waals surface area contributed by atoms with Crippen LogP contribution in [0.25, 0.3) is 0 Å². The van der Waals surface area contributed by atoms with Crippen LogP contribution in [0.3, 0.4) is 0 Å². The highest BCUT2D eigenvalue weighted by Crippen LogP contribution is 2.03. The fourth-order valence-corrected chi connectivity index (χ4v) is 1.59. The van der Waals surface area contributed by atoms with E-state index < -0.39 is 0 Å². The number of aromatic nitrogens is 2. The van der Waals surface area contributed by atoms with Crippen LogP contribution in [-0.4, -0.2) is 22.8 Å². The fraction of sp³-hybridized carbons (Fsp3) is 0.556. The molecule has 4 nitrogen and oxygen atoms in total. The monoisotopic (exact) mass is 213 g/mol. The Morgan fingerprint density at radius 3 is 3.07 bits per heavy atom. The summed E-state index contributed by atoms with van der Waals surface area (Å²) in [6, 6.07) is 1.54. The lowest BCUT2D eigenvalue weighted by Gasteiger charge is -2.01. The van der Waals surface area contributed by atoms with Crippen molar-refractivity contribution >= 4 is 11.8 Å². The Balaban J connectivity index is 2.78. The van der Waals surface area contributed by atoms with Crippen molar-refractivity contribution in [2.45, 2.75) is 18.6 Å². The summed E-state index contributed by atoms with van der Waals surface area (Å²) < 4.78 is 0. The fourth-order valence-electron chi connectivity index (χ4n) is 1.18. The molecule has 0 radical (unpaired) electrons. The van der Waals surface area contributed by atoms with E-state index in [-0.39, 0.29) is 5.56 Å². The molecule has 0 bridgehead atoms. The molecule has 1 rings (SSSR count). The second-order valence-electron chi connectivity index (χ2n) is 3.01. The molecule has 3 N–H and O–H groups in total. The van der Waals surface area contributed by atoms with Gasteiger partial charge in [0.05, 0.1) is 5.75 Å². The van der Waals surface area contributed by atoms with E-state index in [1.807, 2.05) is 6.26 Å². The summed E-state index contributed by atoms with van der Waals surface area (Å²) in [5, 5.41) is 0. The highest BCUT2D eigenvalue weighted by molar-refractivity contribution is 7.97. The summed E-state index contributed by atoms with van der Waals surface area (Å²) in [6.45, 7) is 0.631. The summed E-state index contributed by atoms with van der Waals surface area (Å²) >= 11 is 1.64. The predicted molar refractivity (Wildman–Crippen MR) is 59.5 cm³/mol. The first-order valence-corrected chi connectivity index (χ1v) is 5.93. The van der Waals surface area contributed by atoms with Gasteiger partial charge in [-0.15, -0.1) is 0 Å². The number of hydrogen-bond acceptors (Lipinski definition) is 4. The molecule has 0 amide bonds. The molecule has 0 saturated carbocycles. The van der Waals surface area contributed by atoms with E-state index >= 15 is 0 Å². The molecule has 1 aromatic heterocycles. The summed E-state index contributed by atoms with van der Waals surface area (Å²) in [5.74, 6) is 1.49. The molecule has 1 heterocycles. The lowest BCUT2D eigenvalue weighted by Crippen LogP contribution is -2.13. The molecular weight excluding hydrogens is 198 g/mol. The van der Waals surface area contributed by atoms with Gasteiger partial charge in [-0.3, -0.25) is 4.79 Å². The first-order chi connectivity index (χ1) is 6.76. The average molecular weight is 213 g/mol. The molecule has 78 valence electrons. The zero-order valence-corrected chi connectivity index (χ0v) is 9.06. The Hall–Kier alpha value is -0.810. The van der Waals surface area contributed by atoms with Crippen LogP contribution in [0.15, 0.2) is 10.9 Å². The summed E-state index contributed by atoms with van der Waals surface area (Å²) in [6.07, 6.45) is 3.63. The van der Waals surface area contributed by atoms with Crippen molar-refractivity contribution in [1.82, 2.24) is 9.97 Å². The van der Waals surface area contributed by atoms with Gasteiger partial charge in [0.15, 0.2) is 0 Å². The maximum atomic E-state index is 11.2. The van der Waals surface area contributed by atoms with Crippen LogP contribution < -0.4 is 11.3 Å². The molecule has 0 aliphatic rings. The maximum absolute atomic E-state index is 11.2. The van der Waals surface area contributed by atoms with Gasteiger partial charge in [-0.25, -0.2) is 4.98 Å². The zero-order valence-electron chi connectivity index (χ0n) is 8.25. The highest BCUT2D eigenvalue weighted by atomic mass is 32.2. The van der Waals surface area contributed by atoms with E-state index in [0.717, 1.165) is 30.1 Å². The molecule has 0 aliphatic heterocycles. The van der Waals surface area contributed by atoms with Crippen molar-refractivity contribution in [3.63, 3.8) is 0 Å². The molecule has 0 fully saturated rings. The van der Waals surface area contributed by atoms with Gasteiger partial charge < -0.3 is 10.7 Å².